The van der Waals surface area contributed by atoms with Crippen LogP contribution in [0.25, 0.3) is 0 Å². The van der Waals surface area contributed by atoms with Crippen LogP contribution < -0.4 is 4.74 Å². The molecule has 1 saturated heterocycles. The molecule has 0 N–H and O–H groups in total. The van der Waals surface area contributed by atoms with Crippen LogP contribution in [0, 0.1) is 6.92 Å². The minimum Gasteiger partial charge on any atom is -0.472 e. The lowest BCUT2D eigenvalue weighted by molar-refractivity contribution is -0.130. The summed E-state index contributed by atoms with van der Waals surface area (Å²) in [5.41, 5.74) is 1.74. The molecule has 1 fully saturated rings. The van der Waals surface area contributed by atoms with Crippen LogP contribution in [0.1, 0.15) is 35.2 Å². The van der Waals surface area contributed by atoms with Crippen molar-refractivity contribution in [2.75, 3.05) is 13.1 Å². The number of carbonyl (C=O) groups excluding carboxylic acids is 2. The van der Waals surface area contributed by atoms with Gasteiger partial charge in [-0.3, -0.25) is 9.59 Å². The third-order valence-electron chi connectivity index (χ3n) is 4.33. The Kier molecular flexibility index (Phi) is 5.43. The first-order valence-corrected chi connectivity index (χ1v) is 8.57. The number of aromatic nitrogens is 1. The molecule has 1 amide bonds. The molecule has 1 aromatic heterocycles. The van der Waals surface area contributed by atoms with Crippen LogP contribution in [0.4, 0.5) is 0 Å². The highest BCUT2D eigenvalue weighted by molar-refractivity contribution is 5.97. The number of amides is 1. The van der Waals surface area contributed by atoms with Crippen LogP contribution in [0.5, 0.6) is 5.88 Å². The Morgan fingerprint density at radius 1 is 1.16 bits per heavy atom. The van der Waals surface area contributed by atoms with Crippen LogP contribution in [0.2, 0.25) is 0 Å². The normalized spacial score (nSPS) is 16.7. The van der Waals surface area contributed by atoms with Gasteiger partial charge in [0.05, 0.1) is 6.54 Å². The monoisotopic (exact) mass is 338 g/mol. The minimum absolute atomic E-state index is 0.00445. The lowest BCUT2D eigenvalue weighted by atomic mass is 10.1. The summed E-state index contributed by atoms with van der Waals surface area (Å²) in [4.78, 5) is 30.4. The van der Waals surface area contributed by atoms with Gasteiger partial charge in [0.2, 0.25) is 11.8 Å². The molecule has 3 rings (SSSR count). The number of benzene rings is 1. The maximum Gasteiger partial charge on any atom is 0.223 e. The van der Waals surface area contributed by atoms with Crippen molar-refractivity contribution in [1.82, 2.24) is 9.88 Å². The smallest absolute Gasteiger partial charge is 0.223 e. The predicted molar refractivity (Wildman–Crippen MR) is 94.6 cm³/mol. The van der Waals surface area contributed by atoms with Gasteiger partial charge in [0.15, 0.2) is 5.78 Å². The standard InChI is InChI=1S/C20H22N2O3/c1-15-7-9-19(21-13-15)25-17-11-12-22(14-17)20(24)10-8-18(23)16-5-3-2-4-6-16/h2-7,9,13,17H,8,10-12,14H2,1H3. The van der Waals surface area contributed by atoms with Crippen LogP contribution in [-0.2, 0) is 4.79 Å². The van der Waals surface area contributed by atoms with Crippen LogP contribution in [-0.4, -0.2) is 40.8 Å². The van der Waals surface area contributed by atoms with Crippen molar-refractivity contribution in [3.8, 4) is 5.88 Å². The van der Waals surface area contributed by atoms with Crippen LogP contribution in [0.3, 0.4) is 0 Å². The quantitative estimate of drug-likeness (QED) is 0.760. The maximum absolute atomic E-state index is 12.3. The van der Waals surface area contributed by atoms with E-state index in [0.717, 1.165) is 12.0 Å². The number of ether oxygens (including phenoxy) is 1. The van der Waals surface area contributed by atoms with E-state index in [1.807, 2.05) is 37.3 Å². The average molecular weight is 338 g/mol. The number of Topliss-reactive ketones (excluding diaryl/α,β-unsaturated/α-hetero) is 1. The van der Waals surface area contributed by atoms with Gasteiger partial charge in [0, 0.05) is 43.6 Å². The van der Waals surface area contributed by atoms with Gasteiger partial charge in [-0.05, 0) is 12.5 Å². The zero-order valence-corrected chi connectivity index (χ0v) is 14.4. The highest BCUT2D eigenvalue weighted by Gasteiger charge is 2.28. The number of likely N-dealkylation sites (tertiary alicyclic amines) is 1. The Morgan fingerprint density at radius 3 is 2.68 bits per heavy atom. The lowest BCUT2D eigenvalue weighted by Crippen LogP contribution is -2.31. The molecule has 1 aliphatic rings. The summed E-state index contributed by atoms with van der Waals surface area (Å²) in [5.74, 6) is 0.598. The molecule has 0 aliphatic carbocycles. The fourth-order valence-electron chi connectivity index (χ4n) is 2.89. The van der Waals surface area contributed by atoms with Crippen molar-refractivity contribution in [3.63, 3.8) is 0 Å². The highest BCUT2D eigenvalue weighted by Crippen LogP contribution is 2.18. The third kappa shape index (κ3) is 4.66. The zero-order valence-electron chi connectivity index (χ0n) is 14.4. The third-order valence-corrected chi connectivity index (χ3v) is 4.33. The first-order valence-electron chi connectivity index (χ1n) is 8.57. The van der Waals surface area contributed by atoms with Gasteiger partial charge in [-0.2, -0.15) is 0 Å². The Labute approximate surface area is 147 Å². The molecule has 2 aromatic rings. The van der Waals surface area contributed by atoms with E-state index in [9.17, 15) is 9.59 Å². The van der Waals surface area contributed by atoms with Crippen molar-refractivity contribution in [1.29, 1.82) is 0 Å². The van der Waals surface area contributed by atoms with Gasteiger partial charge < -0.3 is 9.64 Å². The first-order chi connectivity index (χ1) is 12.1. The second-order valence-electron chi connectivity index (χ2n) is 6.33. The molecule has 1 aromatic carbocycles. The summed E-state index contributed by atoms with van der Waals surface area (Å²) >= 11 is 0. The summed E-state index contributed by atoms with van der Waals surface area (Å²) in [5, 5.41) is 0. The highest BCUT2D eigenvalue weighted by atomic mass is 16.5. The minimum atomic E-state index is -0.0380. The molecule has 0 bridgehead atoms. The van der Waals surface area contributed by atoms with Gasteiger partial charge in [0.1, 0.15) is 6.10 Å². The largest absolute Gasteiger partial charge is 0.472 e. The fourth-order valence-corrected chi connectivity index (χ4v) is 2.89. The Balaban J connectivity index is 1.46. The van der Waals surface area contributed by atoms with E-state index in [1.54, 1.807) is 23.2 Å². The Bertz CT molecular complexity index is 728. The second kappa shape index (κ2) is 7.92. The number of aryl methyl sites for hydroxylation is 1. The number of rotatable bonds is 6. The summed E-state index contributed by atoms with van der Waals surface area (Å²) < 4.78 is 5.83. The number of nitrogens with zero attached hydrogens (tertiary/aromatic N) is 2. The van der Waals surface area contributed by atoms with Gasteiger partial charge in [-0.1, -0.05) is 36.4 Å². The number of pyridine rings is 1. The zero-order chi connectivity index (χ0) is 17.6. The maximum atomic E-state index is 12.3. The number of hydrogen-bond acceptors (Lipinski definition) is 4. The Hall–Kier alpha value is -2.69. The lowest BCUT2D eigenvalue weighted by Gasteiger charge is -2.17. The molecule has 25 heavy (non-hydrogen) atoms. The average Bonchev–Trinajstić information content (AvgIpc) is 3.10. The van der Waals surface area contributed by atoms with Crippen molar-refractivity contribution in [3.05, 3.63) is 59.8 Å². The molecular formula is C20H22N2O3. The predicted octanol–water partition coefficient (Wildman–Crippen LogP) is 3.03. The molecule has 1 unspecified atom stereocenters. The molecule has 1 aliphatic heterocycles. The van der Waals surface area contributed by atoms with E-state index >= 15 is 0 Å². The molecule has 5 nitrogen and oxygen atoms in total. The van der Waals surface area contributed by atoms with Gasteiger partial charge in [0.25, 0.3) is 0 Å². The molecule has 0 spiro atoms. The molecular weight excluding hydrogens is 316 g/mol. The summed E-state index contributed by atoms with van der Waals surface area (Å²) in [7, 11) is 0. The van der Waals surface area contributed by atoms with Gasteiger partial charge in [-0.15, -0.1) is 0 Å². The summed E-state index contributed by atoms with van der Waals surface area (Å²) in [6, 6.07) is 12.9. The summed E-state index contributed by atoms with van der Waals surface area (Å²) in [6.07, 6.45) is 2.99. The molecule has 130 valence electrons. The van der Waals surface area contributed by atoms with Crippen LogP contribution >= 0.6 is 0 Å². The Morgan fingerprint density at radius 2 is 1.96 bits per heavy atom. The van der Waals surface area contributed by atoms with Crippen molar-refractivity contribution in [2.45, 2.75) is 32.3 Å². The van der Waals surface area contributed by atoms with Crippen LogP contribution in [0.15, 0.2) is 48.7 Å². The van der Waals surface area contributed by atoms with Crippen molar-refractivity contribution < 1.29 is 14.3 Å². The van der Waals surface area contributed by atoms with Gasteiger partial charge >= 0.3 is 0 Å². The van der Waals surface area contributed by atoms with E-state index in [1.165, 1.54) is 0 Å². The van der Waals surface area contributed by atoms with E-state index in [2.05, 4.69) is 4.98 Å². The van der Waals surface area contributed by atoms with E-state index in [-0.39, 0.29) is 30.6 Å². The summed E-state index contributed by atoms with van der Waals surface area (Å²) in [6.45, 7) is 3.19. The van der Waals surface area contributed by atoms with Crippen molar-refractivity contribution in [2.24, 2.45) is 0 Å². The van der Waals surface area contributed by atoms with Crippen molar-refractivity contribution >= 4 is 11.7 Å². The molecule has 5 heteroatoms. The fraction of sp³-hybridized carbons (Fsp3) is 0.350. The number of carbonyl (C=O) groups is 2. The van der Waals surface area contributed by atoms with E-state index < -0.39 is 0 Å². The van der Waals surface area contributed by atoms with Gasteiger partial charge in [-0.25, -0.2) is 4.98 Å². The molecule has 2 heterocycles. The van der Waals surface area contributed by atoms with E-state index in [0.29, 0.717) is 24.5 Å². The second-order valence-corrected chi connectivity index (χ2v) is 6.33. The number of ketones is 1. The molecule has 0 saturated carbocycles. The first kappa shape index (κ1) is 17.1. The number of hydrogen-bond donors (Lipinski definition) is 0. The molecule has 0 radical (unpaired) electrons. The topological polar surface area (TPSA) is 59.5 Å². The van der Waals surface area contributed by atoms with E-state index in [4.69, 9.17) is 4.74 Å². The SMILES string of the molecule is Cc1ccc(OC2CCN(C(=O)CCC(=O)c3ccccc3)C2)nc1. The molecule has 1 atom stereocenters.